The average Bonchev–Trinajstić information content (AvgIpc) is 3.11. The SMILES string of the molecule is CC(C)N1CCCN(c2ccc(-c3cc(-c4ccc5c(c4)CCNC5=O)c(N)nc3F)cc2)CC1. The van der Waals surface area contributed by atoms with Crippen LogP contribution in [-0.4, -0.2) is 54.6 Å². The van der Waals surface area contributed by atoms with Crippen molar-refractivity contribution in [3.05, 3.63) is 65.6 Å². The van der Waals surface area contributed by atoms with Gasteiger partial charge in [0.25, 0.3) is 5.91 Å². The van der Waals surface area contributed by atoms with E-state index in [2.05, 4.69) is 46.1 Å². The molecule has 3 aromatic rings. The lowest BCUT2D eigenvalue weighted by Gasteiger charge is -2.26. The summed E-state index contributed by atoms with van der Waals surface area (Å²) in [5.74, 6) is -0.508. The molecule has 0 aliphatic carbocycles. The predicted molar refractivity (Wildman–Crippen MR) is 139 cm³/mol. The molecule has 6 nitrogen and oxygen atoms in total. The highest BCUT2D eigenvalue weighted by atomic mass is 19.1. The zero-order valence-corrected chi connectivity index (χ0v) is 20.4. The number of aromatic nitrogens is 1. The Kier molecular flexibility index (Phi) is 6.43. The second kappa shape index (κ2) is 9.66. The molecule has 0 radical (unpaired) electrons. The number of hydrogen-bond donors (Lipinski definition) is 2. The molecule has 0 unspecified atom stereocenters. The second-order valence-electron chi connectivity index (χ2n) is 9.65. The van der Waals surface area contributed by atoms with Gasteiger partial charge in [0.2, 0.25) is 5.95 Å². The van der Waals surface area contributed by atoms with Crippen molar-refractivity contribution in [2.75, 3.05) is 43.4 Å². The van der Waals surface area contributed by atoms with E-state index in [1.165, 1.54) is 0 Å². The number of nitrogens with zero attached hydrogens (tertiary/aromatic N) is 3. The number of carbonyl (C=O) groups excluding carboxylic acids is 1. The summed E-state index contributed by atoms with van der Waals surface area (Å²) in [5, 5.41) is 2.85. The molecule has 0 bridgehead atoms. The normalized spacial score (nSPS) is 16.7. The van der Waals surface area contributed by atoms with E-state index < -0.39 is 5.95 Å². The van der Waals surface area contributed by atoms with Crippen LogP contribution in [0, 0.1) is 5.95 Å². The summed E-state index contributed by atoms with van der Waals surface area (Å²) in [7, 11) is 0. The third-order valence-electron chi connectivity index (χ3n) is 7.15. The minimum Gasteiger partial charge on any atom is -0.383 e. The molecular formula is C28H32FN5O. The predicted octanol–water partition coefficient (Wildman–Crippen LogP) is 4.34. The molecule has 1 saturated heterocycles. The number of carbonyl (C=O) groups is 1. The Morgan fingerprint density at radius 3 is 2.49 bits per heavy atom. The minimum atomic E-state index is -0.585. The lowest BCUT2D eigenvalue weighted by Crippen LogP contribution is -2.35. The fraction of sp³-hybridized carbons (Fsp3) is 0.357. The van der Waals surface area contributed by atoms with Gasteiger partial charge < -0.3 is 16.0 Å². The average molecular weight is 474 g/mol. The minimum absolute atomic E-state index is 0.0647. The van der Waals surface area contributed by atoms with Crippen molar-refractivity contribution in [3.8, 4) is 22.3 Å². The van der Waals surface area contributed by atoms with Crippen LogP contribution in [0.3, 0.4) is 0 Å². The molecule has 2 aliphatic rings. The van der Waals surface area contributed by atoms with E-state index in [0.29, 0.717) is 29.3 Å². The Bertz CT molecular complexity index is 1240. The van der Waals surface area contributed by atoms with Crippen LogP contribution in [0.2, 0.25) is 0 Å². The Hall–Kier alpha value is -3.45. The standard InChI is InChI=1S/C28H32FN5O/c1-18(2)33-12-3-13-34(15-14-33)22-7-4-19(5-8-22)24-17-25(27(30)32-26(24)29)20-6-9-23-21(16-20)10-11-31-28(23)35/h4-9,16-18H,3,10-15H2,1-2H3,(H2,30,32)(H,31,35). The highest BCUT2D eigenvalue weighted by Crippen LogP contribution is 2.34. The molecule has 182 valence electrons. The van der Waals surface area contributed by atoms with Gasteiger partial charge in [0.05, 0.1) is 0 Å². The maximum absolute atomic E-state index is 14.9. The second-order valence-corrected chi connectivity index (χ2v) is 9.65. The lowest BCUT2D eigenvalue weighted by molar-refractivity contribution is 0.0946. The van der Waals surface area contributed by atoms with Crippen LogP contribution < -0.4 is 16.0 Å². The van der Waals surface area contributed by atoms with Gasteiger partial charge in [-0.1, -0.05) is 24.3 Å². The fourth-order valence-corrected chi connectivity index (χ4v) is 5.10. The number of pyridine rings is 1. The zero-order valence-electron chi connectivity index (χ0n) is 20.4. The monoisotopic (exact) mass is 473 g/mol. The van der Waals surface area contributed by atoms with Gasteiger partial charge in [-0.2, -0.15) is 4.39 Å². The van der Waals surface area contributed by atoms with Gasteiger partial charge in [0.15, 0.2) is 0 Å². The molecule has 3 N–H and O–H groups in total. The van der Waals surface area contributed by atoms with Crippen LogP contribution in [-0.2, 0) is 6.42 Å². The first kappa shape index (κ1) is 23.3. The molecule has 0 saturated carbocycles. The summed E-state index contributed by atoms with van der Waals surface area (Å²) in [6, 6.07) is 16.0. The van der Waals surface area contributed by atoms with Gasteiger partial charge >= 0.3 is 0 Å². The van der Waals surface area contributed by atoms with Crippen LogP contribution in [0.15, 0.2) is 48.5 Å². The number of fused-ring (bicyclic) bond motifs is 1. The maximum atomic E-state index is 14.9. The Morgan fingerprint density at radius 1 is 0.943 bits per heavy atom. The van der Waals surface area contributed by atoms with Gasteiger partial charge in [-0.05, 0) is 67.6 Å². The molecule has 3 heterocycles. The quantitative estimate of drug-likeness (QED) is 0.552. The third-order valence-corrected chi connectivity index (χ3v) is 7.15. The van der Waals surface area contributed by atoms with Crippen LogP contribution in [0.5, 0.6) is 0 Å². The first-order chi connectivity index (χ1) is 16.9. The number of nitrogens with one attached hydrogen (secondary N) is 1. The Balaban J connectivity index is 1.42. The van der Waals surface area contributed by atoms with Crippen molar-refractivity contribution in [3.63, 3.8) is 0 Å². The van der Waals surface area contributed by atoms with E-state index in [9.17, 15) is 9.18 Å². The molecule has 0 atom stereocenters. The molecule has 0 spiro atoms. The molecule has 7 heteroatoms. The summed E-state index contributed by atoms with van der Waals surface area (Å²) >= 11 is 0. The first-order valence-corrected chi connectivity index (χ1v) is 12.4. The summed E-state index contributed by atoms with van der Waals surface area (Å²) in [6.45, 7) is 9.25. The number of nitrogens with two attached hydrogens (primary N) is 1. The molecule has 1 aromatic heterocycles. The molecule has 5 rings (SSSR count). The van der Waals surface area contributed by atoms with Crippen molar-refractivity contribution in [1.82, 2.24) is 15.2 Å². The highest BCUT2D eigenvalue weighted by Gasteiger charge is 2.20. The van der Waals surface area contributed by atoms with Crippen molar-refractivity contribution < 1.29 is 9.18 Å². The van der Waals surface area contributed by atoms with Gasteiger partial charge in [0, 0.05) is 61.1 Å². The van der Waals surface area contributed by atoms with Crippen molar-refractivity contribution in [2.45, 2.75) is 32.7 Å². The number of anilines is 2. The summed E-state index contributed by atoms with van der Waals surface area (Å²) in [4.78, 5) is 21.0. The molecule has 1 amide bonds. The van der Waals surface area contributed by atoms with Gasteiger partial charge in [-0.25, -0.2) is 4.98 Å². The number of rotatable bonds is 4. The van der Waals surface area contributed by atoms with Gasteiger partial charge in [-0.3, -0.25) is 9.69 Å². The molecule has 2 aliphatic heterocycles. The fourth-order valence-electron chi connectivity index (χ4n) is 5.10. The van der Waals surface area contributed by atoms with Gasteiger partial charge in [0.1, 0.15) is 5.82 Å². The number of nitrogen functional groups attached to an aromatic ring is 1. The molecule has 1 fully saturated rings. The van der Waals surface area contributed by atoms with Crippen LogP contribution in [0.4, 0.5) is 15.9 Å². The maximum Gasteiger partial charge on any atom is 0.251 e. The number of hydrogen-bond acceptors (Lipinski definition) is 5. The first-order valence-electron chi connectivity index (χ1n) is 12.4. The van der Waals surface area contributed by atoms with E-state index in [4.69, 9.17) is 5.73 Å². The van der Waals surface area contributed by atoms with E-state index in [1.807, 2.05) is 24.3 Å². The highest BCUT2D eigenvalue weighted by molar-refractivity contribution is 5.97. The summed E-state index contributed by atoms with van der Waals surface area (Å²) in [5.41, 5.74) is 11.6. The topological polar surface area (TPSA) is 74.5 Å². The molecule has 35 heavy (non-hydrogen) atoms. The summed E-state index contributed by atoms with van der Waals surface area (Å²) in [6.07, 6.45) is 1.88. The lowest BCUT2D eigenvalue weighted by atomic mass is 9.94. The summed E-state index contributed by atoms with van der Waals surface area (Å²) < 4.78 is 14.9. The van der Waals surface area contributed by atoms with Crippen LogP contribution >= 0.6 is 0 Å². The number of halogens is 1. The Morgan fingerprint density at radius 2 is 1.71 bits per heavy atom. The third kappa shape index (κ3) is 4.73. The number of amides is 1. The van der Waals surface area contributed by atoms with Crippen molar-refractivity contribution >= 4 is 17.4 Å². The van der Waals surface area contributed by atoms with Crippen molar-refractivity contribution in [1.29, 1.82) is 0 Å². The largest absolute Gasteiger partial charge is 0.383 e. The molecular weight excluding hydrogens is 441 g/mol. The van der Waals surface area contributed by atoms with E-state index in [-0.39, 0.29) is 11.7 Å². The van der Waals surface area contributed by atoms with Crippen LogP contribution in [0.1, 0.15) is 36.2 Å². The van der Waals surface area contributed by atoms with E-state index >= 15 is 0 Å². The Labute approximate surface area is 206 Å². The zero-order chi connectivity index (χ0) is 24.5. The molecule has 2 aromatic carbocycles. The number of benzene rings is 2. The van der Waals surface area contributed by atoms with Crippen molar-refractivity contribution in [2.24, 2.45) is 0 Å². The van der Waals surface area contributed by atoms with E-state index in [0.717, 1.165) is 61.4 Å². The van der Waals surface area contributed by atoms with E-state index in [1.54, 1.807) is 12.1 Å². The smallest absolute Gasteiger partial charge is 0.251 e. The van der Waals surface area contributed by atoms with Gasteiger partial charge in [-0.15, -0.1) is 0 Å². The van der Waals surface area contributed by atoms with Crippen LogP contribution in [0.25, 0.3) is 22.3 Å².